The number of aryl methyl sites for hydroxylation is 1. The van der Waals surface area contributed by atoms with Gasteiger partial charge >= 0.3 is 6.09 Å². The number of ether oxygens (including phenoxy) is 1. The molecule has 0 radical (unpaired) electrons. The molecule has 0 aliphatic carbocycles. The molecule has 8 nitrogen and oxygen atoms in total. The molecule has 1 rings (SSSR count). The van der Waals surface area contributed by atoms with E-state index in [0.717, 1.165) is 29.5 Å². The third kappa shape index (κ3) is 8.97. The van der Waals surface area contributed by atoms with Crippen LogP contribution in [0, 0.1) is 13.8 Å². The van der Waals surface area contributed by atoms with Crippen LogP contribution in [-0.4, -0.2) is 58.8 Å². The Morgan fingerprint density at radius 2 is 1.74 bits per heavy atom. The van der Waals surface area contributed by atoms with Crippen molar-refractivity contribution < 1.29 is 24.2 Å². The third-order valence-corrected chi connectivity index (χ3v) is 5.39. The SMILES string of the molecule is CCCCCN(C(=O)C(CO)NC(=O)OC(C)(C)C)C(C(=O)NC(C)C)c1cccc(C)c1C. The zero-order valence-electron chi connectivity index (χ0n) is 22.0. The summed E-state index contributed by atoms with van der Waals surface area (Å²) in [7, 11) is 0. The zero-order chi connectivity index (χ0) is 26.1. The van der Waals surface area contributed by atoms with Crippen LogP contribution in [0.1, 0.15) is 83.5 Å². The van der Waals surface area contributed by atoms with Gasteiger partial charge in [-0.25, -0.2) is 4.79 Å². The summed E-state index contributed by atoms with van der Waals surface area (Å²) in [5.74, 6) is -0.836. The molecule has 0 saturated carbocycles. The number of carbonyl (C=O) groups is 3. The van der Waals surface area contributed by atoms with E-state index in [9.17, 15) is 19.5 Å². The number of aliphatic hydroxyl groups is 1. The molecule has 3 N–H and O–H groups in total. The van der Waals surface area contributed by atoms with E-state index in [-0.39, 0.29) is 11.9 Å². The van der Waals surface area contributed by atoms with Gasteiger partial charge in [0.05, 0.1) is 6.61 Å². The molecule has 0 spiro atoms. The van der Waals surface area contributed by atoms with Crippen LogP contribution in [0.2, 0.25) is 0 Å². The summed E-state index contributed by atoms with van der Waals surface area (Å²) in [4.78, 5) is 40.9. The van der Waals surface area contributed by atoms with Crippen molar-refractivity contribution in [2.75, 3.05) is 13.2 Å². The summed E-state index contributed by atoms with van der Waals surface area (Å²) in [6.07, 6.45) is 1.69. The van der Waals surface area contributed by atoms with E-state index in [1.54, 1.807) is 20.8 Å². The number of nitrogens with zero attached hydrogens (tertiary/aromatic N) is 1. The number of benzene rings is 1. The van der Waals surface area contributed by atoms with Crippen LogP contribution < -0.4 is 10.6 Å². The van der Waals surface area contributed by atoms with Crippen LogP contribution in [0.15, 0.2) is 18.2 Å². The Bertz CT molecular complexity index is 832. The highest BCUT2D eigenvalue weighted by molar-refractivity contribution is 5.92. The van der Waals surface area contributed by atoms with Gasteiger partial charge in [0, 0.05) is 12.6 Å². The molecule has 8 heteroatoms. The highest BCUT2D eigenvalue weighted by Gasteiger charge is 2.36. The minimum absolute atomic E-state index is 0.124. The van der Waals surface area contributed by atoms with Gasteiger partial charge in [-0.2, -0.15) is 0 Å². The molecule has 3 amide bonds. The molecule has 0 heterocycles. The lowest BCUT2D eigenvalue weighted by Gasteiger charge is -2.35. The molecule has 2 unspecified atom stereocenters. The Morgan fingerprint density at radius 1 is 1.09 bits per heavy atom. The lowest BCUT2D eigenvalue weighted by Crippen LogP contribution is -2.55. The van der Waals surface area contributed by atoms with Crippen LogP contribution in [0.25, 0.3) is 0 Å². The average molecular weight is 478 g/mol. The van der Waals surface area contributed by atoms with Crippen LogP contribution >= 0.6 is 0 Å². The number of carbonyl (C=O) groups excluding carboxylic acids is 3. The zero-order valence-corrected chi connectivity index (χ0v) is 22.0. The molecule has 34 heavy (non-hydrogen) atoms. The summed E-state index contributed by atoms with van der Waals surface area (Å²) in [6.45, 7) is 14.5. The Hall–Kier alpha value is -2.61. The van der Waals surface area contributed by atoms with Crippen LogP contribution in [0.5, 0.6) is 0 Å². The van der Waals surface area contributed by atoms with E-state index in [0.29, 0.717) is 13.0 Å². The van der Waals surface area contributed by atoms with Crippen molar-refractivity contribution in [3.05, 3.63) is 34.9 Å². The molecule has 1 aromatic rings. The molecular weight excluding hydrogens is 434 g/mol. The molecule has 0 saturated heterocycles. The predicted octanol–water partition coefficient (Wildman–Crippen LogP) is 3.77. The second kappa shape index (κ2) is 13.3. The number of hydrogen-bond donors (Lipinski definition) is 3. The van der Waals surface area contributed by atoms with E-state index >= 15 is 0 Å². The summed E-state index contributed by atoms with van der Waals surface area (Å²) in [5.41, 5.74) is 1.88. The molecule has 0 fully saturated rings. The summed E-state index contributed by atoms with van der Waals surface area (Å²) in [6, 6.07) is 3.41. The van der Waals surface area contributed by atoms with Gasteiger partial charge in [-0.15, -0.1) is 0 Å². The van der Waals surface area contributed by atoms with Gasteiger partial charge in [0.15, 0.2) is 0 Å². The van der Waals surface area contributed by atoms with Gasteiger partial charge in [-0.1, -0.05) is 38.0 Å². The summed E-state index contributed by atoms with van der Waals surface area (Å²) < 4.78 is 5.27. The number of aliphatic hydroxyl groups excluding tert-OH is 1. The fraction of sp³-hybridized carbons (Fsp3) is 0.654. The highest BCUT2D eigenvalue weighted by atomic mass is 16.6. The second-order valence-electron chi connectivity index (χ2n) is 9.98. The predicted molar refractivity (Wildman–Crippen MR) is 133 cm³/mol. The first-order valence-corrected chi connectivity index (χ1v) is 12.1. The van der Waals surface area contributed by atoms with E-state index in [1.807, 2.05) is 45.9 Å². The number of rotatable bonds is 11. The first kappa shape index (κ1) is 29.4. The molecular formula is C26H43N3O5. The van der Waals surface area contributed by atoms with Crippen LogP contribution in [-0.2, 0) is 14.3 Å². The fourth-order valence-electron chi connectivity index (χ4n) is 3.62. The Morgan fingerprint density at radius 3 is 2.26 bits per heavy atom. The third-order valence-electron chi connectivity index (χ3n) is 5.39. The van der Waals surface area contributed by atoms with Crippen LogP contribution in [0.4, 0.5) is 4.79 Å². The van der Waals surface area contributed by atoms with Crippen molar-refractivity contribution in [3.8, 4) is 0 Å². The molecule has 2 atom stereocenters. The van der Waals surface area contributed by atoms with Gasteiger partial charge in [0.2, 0.25) is 11.8 Å². The molecule has 1 aromatic carbocycles. The first-order chi connectivity index (χ1) is 15.8. The van der Waals surface area contributed by atoms with Crippen molar-refractivity contribution in [1.29, 1.82) is 0 Å². The topological polar surface area (TPSA) is 108 Å². The summed E-state index contributed by atoms with van der Waals surface area (Å²) >= 11 is 0. The Kier molecular flexibility index (Phi) is 11.5. The van der Waals surface area contributed by atoms with E-state index in [4.69, 9.17) is 4.74 Å². The fourth-order valence-corrected chi connectivity index (χ4v) is 3.62. The first-order valence-electron chi connectivity index (χ1n) is 12.1. The van der Waals surface area contributed by atoms with Gasteiger partial charge in [0.25, 0.3) is 0 Å². The largest absolute Gasteiger partial charge is 0.444 e. The Balaban J connectivity index is 3.45. The van der Waals surface area contributed by atoms with Gasteiger partial charge in [-0.05, 0) is 71.6 Å². The smallest absolute Gasteiger partial charge is 0.408 e. The monoisotopic (exact) mass is 477 g/mol. The van der Waals surface area contributed by atoms with Crippen molar-refractivity contribution in [2.45, 2.75) is 98.4 Å². The van der Waals surface area contributed by atoms with Crippen molar-refractivity contribution >= 4 is 17.9 Å². The van der Waals surface area contributed by atoms with Crippen LogP contribution in [0.3, 0.4) is 0 Å². The normalized spacial score (nSPS) is 13.2. The van der Waals surface area contributed by atoms with Crippen molar-refractivity contribution in [3.63, 3.8) is 0 Å². The van der Waals surface area contributed by atoms with Gasteiger partial charge in [0.1, 0.15) is 17.7 Å². The Labute approximate surface area is 204 Å². The molecule has 192 valence electrons. The number of unbranched alkanes of at least 4 members (excludes halogenated alkanes) is 2. The average Bonchev–Trinajstić information content (AvgIpc) is 2.71. The lowest BCUT2D eigenvalue weighted by atomic mass is 9.94. The maximum atomic E-state index is 13.7. The molecule has 0 aromatic heterocycles. The number of alkyl carbamates (subject to hydrolysis) is 1. The highest BCUT2D eigenvalue weighted by Crippen LogP contribution is 2.28. The van der Waals surface area contributed by atoms with Gasteiger partial charge < -0.3 is 25.4 Å². The molecule has 0 aliphatic rings. The molecule has 0 aliphatic heterocycles. The maximum absolute atomic E-state index is 13.7. The van der Waals surface area contributed by atoms with E-state index in [2.05, 4.69) is 17.6 Å². The minimum Gasteiger partial charge on any atom is -0.444 e. The second-order valence-corrected chi connectivity index (χ2v) is 9.98. The molecule has 0 bridgehead atoms. The number of nitrogens with one attached hydrogen (secondary N) is 2. The summed E-state index contributed by atoms with van der Waals surface area (Å²) in [5, 5.41) is 15.4. The van der Waals surface area contributed by atoms with Crippen molar-refractivity contribution in [2.24, 2.45) is 0 Å². The number of amides is 3. The lowest BCUT2D eigenvalue weighted by molar-refractivity contribution is -0.143. The van der Waals surface area contributed by atoms with Gasteiger partial charge in [-0.3, -0.25) is 9.59 Å². The van der Waals surface area contributed by atoms with E-state index < -0.39 is 36.3 Å². The quantitative estimate of drug-likeness (QED) is 0.421. The minimum atomic E-state index is -1.24. The van der Waals surface area contributed by atoms with E-state index in [1.165, 1.54) is 4.90 Å². The maximum Gasteiger partial charge on any atom is 0.408 e. The standard InChI is InChI=1S/C26H43N3O5/c1-9-10-11-15-29(24(32)21(16-30)28-25(33)34-26(6,7)8)22(23(31)27-17(2)3)20-14-12-13-18(4)19(20)5/h12-14,17,21-22,30H,9-11,15-16H2,1-8H3,(H,27,31)(H,28,33). The number of hydrogen-bond acceptors (Lipinski definition) is 5. The van der Waals surface area contributed by atoms with Crippen molar-refractivity contribution in [1.82, 2.24) is 15.5 Å².